The molecule has 0 spiro atoms. The molecule has 0 heterocycles. The lowest BCUT2D eigenvalue weighted by molar-refractivity contribution is -0.150. The maximum atomic E-state index is 13.3. The smallest absolute Gasteiger partial charge is 0.306 e. The molecule has 0 aliphatic rings. The van der Waals surface area contributed by atoms with Gasteiger partial charge in [-0.15, -0.1) is 0 Å². The summed E-state index contributed by atoms with van der Waals surface area (Å²) in [6.07, 6.45) is 1.07. The summed E-state index contributed by atoms with van der Waals surface area (Å²) in [5.74, 6) is -1.20. The molecule has 0 aromatic heterocycles. The van der Waals surface area contributed by atoms with Crippen LogP contribution in [-0.4, -0.2) is 25.2 Å². The van der Waals surface area contributed by atoms with Crippen molar-refractivity contribution < 1.29 is 23.5 Å². The van der Waals surface area contributed by atoms with Gasteiger partial charge in [-0.2, -0.15) is 0 Å². The van der Waals surface area contributed by atoms with E-state index >= 15 is 0 Å². The zero-order chi connectivity index (χ0) is 14.8. The van der Waals surface area contributed by atoms with Gasteiger partial charge in [0.05, 0.1) is 26.1 Å². The van der Waals surface area contributed by atoms with Crippen molar-refractivity contribution in [3.63, 3.8) is 0 Å². The van der Waals surface area contributed by atoms with Gasteiger partial charge < -0.3 is 9.47 Å². The number of hydrogen-bond acceptors (Lipinski definition) is 4. The van der Waals surface area contributed by atoms with Crippen molar-refractivity contribution in [3.05, 3.63) is 35.6 Å². The first-order valence-corrected chi connectivity index (χ1v) is 6.68. The number of carbonyl (C=O) groups is 2. The van der Waals surface area contributed by atoms with Gasteiger partial charge in [0.1, 0.15) is 5.82 Å². The molecule has 0 radical (unpaired) electrons. The minimum absolute atomic E-state index is 0.0124. The highest BCUT2D eigenvalue weighted by Crippen LogP contribution is 2.07. The fourth-order valence-electron chi connectivity index (χ4n) is 1.54. The van der Waals surface area contributed by atoms with Crippen LogP contribution in [0.4, 0.5) is 4.39 Å². The lowest BCUT2D eigenvalue weighted by atomic mass is 10.1. The summed E-state index contributed by atoms with van der Waals surface area (Å²) in [6.45, 7) is 2.36. The van der Waals surface area contributed by atoms with E-state index < -0.39 is 11.9 Å². The van der Waals surface area contributed by atoms with Gasteiger partial charge in [-0.05, 0) is 18.1 Å². The summed E-state index contributed by atoms with van der Waals surface area (Å²) < 4.78 is 23.1. The quantitative estimate of drug-likeness (QED) is 0.688. The Hall–Kier alpha value is -1.91. The summed E-state index contributed by atoms with van der Waals surface area (Å²) >= 11 is 0. The van der Waals surface area contributed by atoms with Gasteiger partial charge in [-0.3, -0.25) is 9.59 Å². The molecule has 20 heavy (non-hydrogen) atoms. The molecule has 110 valence electrons. The van der Waals surface area contributed by atoms with Crippen molar-refractivity contribution in [1.29, 1.82) is 0 Å². The number of esters is 2. The molecular weight excluding hydrogens is 263 g/mol. The molecular formula is C15H19FO4. The Bertz CT molecular complexity index is 445. The van der Waals surface area contributed by atoms with Gasteiger partial charge in [-0.25, -0.2) is 4.39 Å². The molecule has 4 nitrogen and oxygen atoms in total. The summed E-state index contributed by atoms with van der Waals surface area (Å²) in [6, 6.07) is 6.34. The number of rotatable bonds is 8. The van der Waals surface area contributed by atoms with Crippen LogP contribution in [0.1, 0.15) is 31.7 Å². The highest BCUT2D eigenvalue weighted by Gasteiger charge is 2.09. The standard InChI is InChI=1S/C15H19FO4/c1-2-10-19-14(17)7-8-15(18)20-11-9-12-5-3-4-6-13(12)16/h3-6H,2,7-11H2,1H3. The molecule has 0 saturated carbocycles. The Labute approximate surface area is 117 Å². The van der Waals surface area contributed by atoms with E-state index in [4.69, 9.17) is 9.47 Å². The number of benzene rings is 1. The third-order valence-corrected chi connectivity index (χ3v) is 2.59. The Balaban J connectivity index is 2.17. The molecule has 0 amide bonds. The van der Waals surface area contributed by atoms with Crippen molar-refractivity contribution in [2.75, 3.05) is 13.2 Å². The monoisotopic (exact) mass is 282 g/mol. The maximum Gasteiger partial charge on any atom is 0.306 e. The average molecular weight is 282 g/mol. The Kier molecular flexibility index (Phi) is 7.32. The highest BCUT2D eigenvalue weighted by atomic mass is 19.1. The first-order chi connectivity index (χ1) is 9.63. The van der Waals surface area contributed by atoms with Crippen LogP contribution >= 0.6 is 0 Å². The molecule has 0 unspecified atom stereocenters. The second-order valence-corrected chi connectivity index (χ2v) is 4.28. The summed E-state index contributed by atoms with van der Waals surface area (Å²) in [5, 5.41) is 0. The van der Waals surface area contributed by atoms with Crippen molar-refractivity contribution in [2.24, 2.45) is 0 Å². The van der Waals surface area contributed by atoms with Crippen LogP contribution in [0.2, 0.25) is 0 Å². The molecule has 1 rings (SSSR count). The number of ether oxygens (including phenoxy) is 2. The van der Waals surface area contributed by atoms with Crippen LogP contribution < -0.4 is 0 Å². The Morgan fingerprint density at radius 1 is 1.05 bits per heavy atom. The predicted octanol–water partition coefficient (Wildman–Crippen LogP) is 2.64. The molecule has 1 aromatic rings. The van der Waals surface area contributed by atoms with Gasteiger partial charge in [0.15, 0.2) is 0 Å². The van der Waals surface area contributed by atoms with E-state index in [1.165, 1.54) is 6.07 Å². The zero-order valence-electron chi connectivity index (χ0n) is 11.6. The van der Waals surface area contributed by atoms with Crippen molar-refractivity contribution >= 4 is 11.9 Å². The van der Waals surface area contributed by atoms with Crippen molar-refractivity contribution in [1.82, 2.24) is 0 Å². The summed E-state index contributed by atoms with van der Waals surface area (Å²) in [5.41, 5.74) is 0.502. The van der Waals surface area contributed by atoms with E-state index in [-0.39, 0.29) is 25.3 Å². The average Bonchev–Trinajstić information content (AvgIpc) is 2.45. The highest BCUT2D eigenvalue weighted by molar-refractivity contribution is 5.77. The summed E-state index contributed by atoms with van der Waals surface area (Å²) in [4.78, 5) is 22.5. The van der Waals surface area contributed by atoms with Crippen LogP contribution in [0.5, 0.6) is 0 Å². The topological polar surface area (TPSA) is 52.6 Å². The number of halogens is 1. The molecule has 5 heteroatoms. The largest absolute Gasteiger partial charge is 0.466 e. The van der Waals surface area contributed by atoms with E-state index in [1.807, 2.05) is 6.92 Å². The zero-order valence-corrected chi connectivity index (χ0v) is 11.6. The van der Waals surface area contributed by atoms with E-state index in [9.17, 15) is 14.0 Å². The van der Waals surface area contributed by atoms with E-state index in [0.717, 1.165) is 6.42 Å². The summed E-state index contributed by atoms with van der Waals surface area (Å²) in [7, 11) is 0. The van der Waals surface area contributed by atoms with Gasteiger partial charge in [0, 0.05) is 6.42 Å². The minimum Gasteiger partial charge on any atom is -0.466 e. The van der Waals surface area contributed by atoms with Gasteiger partial charge in [0.25, 0.3) is 0 Å². The SMILES string of the molecule is CCCOC(=O)CCC(=O)OCCc1ccccc1F. The van der Waals surface area contributed by atoms with Crippen molar-refractivity contribution in [3.8, 4) is 0 Å². The lowest BCUT2D eigenvalue weighted by Crippen LogP contribution is -2.12. The molecule has 0 N–H and O–H groups in total. The van der Waals surface area contributed by atoms with Gasteiger partial charge >= 0.3 is 11.9 Å². The third kappa shape index (κ3) is 6.31. The molecule has 0 saturated heterocycles. The van der Waals surface area contributed by atoms with E-state index in [0.29, 0.717) is 18.6 Å². The predicted molar refractivity (Wildman–Crippen MR) is 71.5 cm³/mol. The first kappa shape index (κ1) is 16.1. The maximum absolute atomic E-state index is 13.3. The van der Waals surface area contributed by atoms with E-state index in [2.05, 4.69) is 0 Å². The van der Waals surface area contributed by atoms with Crippen molar-refractivity contribution in [2.45, 2.75) is 32.6 Å². The minimum atomic E-state index is -0.477. The Morgan fingerprint density at radius 3 is 2.25 bits per heavy atom. The van der Waals surface area contributed by atoms with Gasteiger partial charge in [-0.1, -0.05) is 25.1 Å². The number of carbonyl (C=O) groups excluding carboxylic acids is 2. The molecule has 0 aliphatic heterocycles. The van der Waals surface area contributed by atoms with Crippen LogP contribution in [0.25, 0.3) is 0 Å². The molecule has 0 atom stereocenters. The van der Waals surface area contributed by atoms with Crippen LogP contribution in [0, 0.1) is 5.82 Å². The molecule has 0 aliphatic carbocycles. The number of hydrogen-bond donors (Lipinski definition) is 0. The second-order valence-electron chi connectivity index (χ2n) is 4.28. The normalized spacial score (nSPS) is 10.1. The molecule has 1 aromatic carbocycles. The Morgan fingerprint density at radius 2 is 1.65 bits per heavy atom. The lowest BCUT2D eigenvalue weighted by Gasteiger charge is -2.06. The fourth-order valence-corrected chi connectivity index (χ4v) is 1.54. The molecule has 0 bridgehead atoms. The van der Waals surface area contributed by atoms with Crippen LogP contribution in [-0.2, 0) is 25.5 Å². The molecule has 0 fully saturated rings. The fraction of sp³-hybridized carbons (Fsp3) is 0.467. The first-order valence-electron chi connectivity index (χ1n) is 6.68. The van der Waals surface area contributed by atoms with E-state index in [1.54, 1.807) is 18.2 Å². The van der Waals surface area contributed by atoms with Crippen LogP contribution in [0.15, 0.2) is 24.3 Å². The van der Waals surface area contributed by atoms with Gasteiger partial charge in [0.2, 0.25) is 0 Å². The second kappa shape index (κ2) is 9.07. The third-order valence-electron chi connectivity index (χ3n) is 2.59. The van der Waals surface area contributed by atoms with Crippen LogP contribution in [0.3, 0.4) is 0 Å².